The van der Waals surface area contributed by atoms with Crippen molar-refractivity contribution in [2.75, 3.05) is 25.1 Å². The van der Waals surface area contributed by atoms with Crippen LogP contribution in [0.1, 0.15) is 24.1 Å². The zero-order valence-corrected chi connectivity index (χ0v) is 18.1. The minimum atomic E-state index is -3.02. The van der Waals surface area contributed by atoms with Crippen molar-refractivity contribution < 1.29 is 18.0 Å². The lowest BCUT2D eigenvalue weighted by Crippen LogP contribution is -2.38. The van der Waals surface area contributed by atoms with E-state index in [0.29, 0.717) is 28.6 Å². The van der Waals surface area contributed by atoms with Crippen LogP contribution in [0.5, 0.6) is 0 Å². The van der Waals surface area contributed by atoms with Crippen molar-refractivity contribution in [2.24, 2.45) is 0 Å². The quantitative estimate of drug-likeness (QED) is 0.495. The first-order valence-corrected chi connectivity index (χ1v) is 12.4. The second-order valence-corrected chi connectivity index (χ2v) is 11.4. The van der Waals surface area contributed by atoms with Crippen molar-refractivity contribution in [3.05, 3.63) is 27.3 Å². The van der Waals surface area contributed by atoms with E-state index < -0.39 is 9.84 Å². The number of thiocarbonyl (C=S) groups is 1. The number of thiophene rings is 1. The third kappa shape index (κ3) is 4.98. The Hall–Kier alpha value is -1.23. The highest BCUT2D eigenvalue weighted by Crippen LogP contribution is 2.33. The van der Waals surface area contributed by atoms with Crippen LogP contribution in [0.4, 0.5) is 0 Å². The van der Waals surface area contributed by atoms with Gasteiger partial charge in [-0.1, -0.05) is 30.0 Å². The van der Waals surface area contributed by atoms with Crippen molar-refractivity contribution in [2.45, 2.75) is 25.3 Å². The number of nitrogens with zero attached hydrogens (tertiary/aromatic N) is 2. The Morgan fingerprint density at radius 3 is 2.89 bits per heavy atom. The van der Waals surface area contributed by atoms with Crippen LogP contribution < -0.4 is 0 Å². The Bertz CT molecular complexity index is 877. The lowest BCUT2D eigenvalue weighted by atomic mass is 10.2. The molecule has 2 aliphatic heterocycles. The summed E-state index contributed by atoms with van der Waals surface area (Å²) in [5, 5.41) is 1.95. The maximum Gasteiger partial charge on any atom is 0.266 e. The topological polar surface area (TPSA) is 74.8 Å². The summed E-state index contributed by atoms with van der Waals surface area (Å²) >= 11 is 8.14. The number of hydrogen-bond acceptors (Lipinski definition) is 7. The highest BCUT2D eigenvalue weighted by molar-refractivity contribution is 8.26. The summed E-state index contributed by atoms with van der Waals surface area (Å²) in [6.45, 7) is 0.384. The summed E-state index contributed by atoms with van der Waals surface area (Å²) in [7, 11) is -1.37. The molecule has 0 saturated carbocycles. The fraction of sp³-hybridized carbons (Fsp3) is 0.471. The summed E-state index contributed by atoms with van der Waals surface area (Å²) in [5.74, 6) is -0.0439. The molecule has 6 nitrogen and oxygen atoms in total. The minimum absolute atomic E-state index is 0.0391. The summed E-state index contributed by atoms with van der Waals surface area (Å²) < 4.78 is 23.6. The molecule has 0 radical (unpaired) electrons. The van der Waals surface area contributed by atoms with E-state index in [-0.39, 0.29) is 35.8 Å². The zero-order chi connectivity index (χ0) is 19.6. The van der Waals surface area contributed by atoms with Gasteiger partial charge in [-0.15, -0.1) is 11.3 Å². The standard InChI is InChI=1S/C17H20N2O4S4/c1-18(12-6-9-27(22,23)11-12)15(20)5-2-7-19-16(21)14(26-17(19)24)10-13-4-3-8-25-13/h3-4,8,10,12H,2,5-7,9,11H2,1H3. The highest BCUT2D eigenvalue weighted by Gasteiger charge is 2.34. The van der Waals surface area contributed by atoms with Crippen molar-refractivity contribution >= 4 is 67.4 Å². The normalized spacial score (nSPS) is 23.4. The summed E-state index contributed by atoms with van der Waals surface area (Å²) in [6.07, 6.45) is 3.08. The van der Waals surface area contributed by atoms with Crippen molar-refractivity contribution in [1.29, 1.82) is 0 Å². The Morgan fingerprint density at radius 2 is 2.26 bits per heavy atom. The molecule has 0 spiro atoms. The molecule has 0 aromatic carbocycles. The largest absolute Gasteiger partial charge is 0.342 e. The van der Waals surface area contributed by atoms with Crippen LogP contribution in [-0.2, 0) is 19.4 Å². The Balaban J connectivity index is 1.50. The maximum absolute atomic E-state index is 12.5. The van der Waals surface area contributed by atoms with Crippen LogP contribution >= 0.6 is 35.3 Å². The third-order valence-electron chi connectivity index (χ3n) is 4.61. The molecule has 2 amide bonds. The lowest BCUT2D eigenvalue weighted by Gasteiger charge is -2.24. The van der Waals surface area contributed by atoms with Gasteiger partial charge in [0.05, 0.1) is 16.4 Å². The first-order chi connectivity index (χ1) is 12.8. The molecule has 1 unspecified atom stereocenters. The number of hydrogen-bond donors (Lipinski definition) is 0. The SMILES string of the molecule is CN(C(=O)CCCN1C(=O)C(=Cc2cccs2)SC1=S)C1CCS(=O)(=O)C1. The van der Waals surface area contributed by atoms with E-state index in [0.717, 1.165) is 4.88 Å². The van der Waals surface area contributed by atoms with Crippen molar-refractivity contribution in [3.8, 4) is 0 Å². The fourth-order valence-electron chi connectivity index (χ4n) is 3.04. The number of thioether (sulfide) groups is 1. The predicted octanol–water partition coefficient (Wildman–Crippen LogP) is 2.38. The zero-order valence-electron chi connectivity index (χ0n) is 14.8. The highest BCUT2D eigenvalue weighted by atomic mass is 32.2. The Morgan fingerprint density at radius 1 is 1.48 bits per heavy atom. The van der Waals surface area contributed by atoms with Crippen LogP contribution in [0.25, 0.3) is 6.08 Å². The van der Waals surface area contributed by atoms with Crippen LogP contribution in [-0.4, -0.2) is 65.5 Å². The molecule has 1 aromatic heterocycles. The first kappa shape index (κ1) is 20.5. The Kier molecular flexibility index (Phi) is 6.39. The maximum atomic E-state index is 12.5. The fourth-order valence-corrected chi connectivity index (χ4v) is 6.85. The molecule has 146 valence electrons. The third-order valence-corrected chi connectivity index (χ3v) is 8.56. The van der Waals surface area contributed by atoms with E-state index in [4.69, 9.17) is 12.2 Å². The monoisotopic (exact) mass is 444 g/mol. The molecule has 0 bridgehead atoms. The summed E-state index contributed by atoms with van der Waals surface area (Å²) in [4.78, 5) is 29.5. The lowest BCUT2D eigenvalue weighted by molar-refractivity contribution is -0.132. The van der Waals surface area contributed by atoms with Crippen molar-refractivity contribution in [1.82, 2.24) is 9.80 Å². The van der Waals surface area contributed by atoms with Gasteiger partial charge in [0.1, 0.15) is 4.32 Å². The first-order valence-electron chi connectivity index (χ1n) is 8.52. The molecule has 27 heavy (non-hydrogen) atoms. The predicted molar refractivity (Wildman–Crippen MR) is 113 cm³/mol. The van der Waals surface area contributed by atoms with Crippen LogP contribution in [0.3, 0.4) is 0 Å². The number of rotatable bonds is 6. The number of carbonyl (C=O) groups is 2. The van der Waals surface area contributed by atoms with Gasteiger partial charge in [0, 0.05) is 30.9 Å². The van der Waals surface area contributed by atoms with Gasteiger partial charge in [0.25, 0.3) is 5.91 Å². The molecule has 2 aliphatic rings. The number of sulfone groups is 1. The Labute approximate surface area is 172 Å². The average molecular weight is 445 g/mol. The molecular weight excluding hydrogens is 424 g/mol. The van der Waals surface area contributed by atoms with E-state index in [9.17, 15) is 18.0 Å². The van der Waals surface area contributed by atoms with E-state index in [2.05, 4.69) is 0 Å². The molecule has 3 heterocycles. The van der Waals surface area contributed by atoms with E-state index in [1.165, 1.54) is 21.6 Å². The average Bonchev–Trinajstić information content (AvgIpc) is 3.30. The molecule has 0 aliphatic carbocycles. The number of carbonyl (C=O) groups excluding carboxylic acids is 2. The molecular formula is C17H20N2O4S4. The van der Waals surface area contributed by atoms with Gasteiger partial charge in [-0.25, -0.2) is 8.42 Å². The van der Waals surface area contributed by atoms with Gasteiger partial charge in [0.15, 0.2) is 9.84 Å². The smallest absolute Gasteiger partial charge is 0.266 e. The van der Waals surface area contributed by atoms with Crippen LogP contribution in [0, 0.1) is 0 Å². The molecule has 2 fully saturated rings. The van der Waals surface area contributed by atoms with Gasteiger partial charge in [-0.05, 0) is 30.4 Å². The molecule has 0 N–H and O–H groups in total. The van der Waals surface area contributed by atoms with Crippen molar-refractivity contribution in [3.63, 3.8) is 0 Å². The minimum Gasteiger partial charge on any atom is -0.342 e. The second-order valence-electron chi connectivity index (χ2n) is 6.51. The van der Waals surface area contributed by atoms with Gasteiger partial charge in [-0.2, -0.15) is 0 Å². The van der Waals surface area contributed by atoms with Gasteiger partial charge in [-0.3, -0.25) is 14.5 Å². The van der Waals surface area contributed by atoms with Crippen LogP contribution in [0.15, 0.2) is 22.4 Å². The van der Waals surface area contributed by atoms with Gasteiger partial charge >= 0.3 is 0 Å². The van der Waals surface area contributed by atoms with Crippen LogP contribution in [0.2, 0.25) is 0 Å². The van der Waals surface area contributed by atoms with Gasteiger partial charge in [0.2, 0.25) is 5.91 Å². The molecule has 2 saturated heterocycles. The second kappa shape index (κ2) is 8.42. The summed E-state index contributed by atoms with van der Waals surface area (Å²) in [6, 6.07) is 3.62. The van der Waals surface area contributed by atoms with E-state index in [1.54, 1.807) is 18.4 Å². The molecule has 1 atom stereocenters. The van der Waals surface area contributed by atoms with Gasteiger partial charge < -0.3 is 4.90 Å². The molecule has 1 aromatic rings. The molecule has 3 rings (SSSR count). The summed E-state index contributed by atoms with van der Waals surface area (Å²) in [5.41, 5.74) is 0. The molecule has 10 heteroatoms. The number of amides is 2. The van der Waals surface area contributed by atoms with E-state index in [1.807, 2.05) is 23.6 Å². The van der Waals surface area contributed by atoms with E-state index >= 15 is 0 Å².